The maximum absolute atomic E-state index is 12.0. The van der Waals surface area contributed by atoms with E-state index in [1.54, 1.807) is 12.1 Å². The molecule has 0 saturated heterocycles. The lowest BCUT2D eigenvalue weighted by atomic mass is 10.1. The highest BCUT2D eigenvalue weighted by atomic mass is 79.9. The summed E-state index contributed by atoms with van der Waals surface area (Å²) < 4.78 is 29.2. The summed E-state index contributed by atoms with van der Waals surface area (Å²) in [4.78, 5) is 0. The molecular formula is C10H8BrF2NO. The van der Waals surface area contributed by atoms with Gasteiger partial charge in [-0.05, 0) is 30.2 Å². The Kier molecular flexibility index (Phi) is 4.50. The molecule has 0 atom stereocenters. The Hall–Kier alpha value is -1.15. The quantitative estimate of drug-likeness (QED) is 0.843. The van der Waals surface area contributed by atoms with E-state index >= 15 is 0 Å². The lowest BCUT2D eigenvalue weighted by Gasteiger charge is -2.09. The number of aryl methyl sites for hydroxylation is 1. The number of nitrogens with zero attached hydrogens (tertiary/aromatic N) is 1. The van der Waals surface area contributed by atoms with E-state index in [-0.39, 0.29) is 12.2 Å². The average molecular weight is 276 g/mol. The molecule has 0 aliphatic rings. The second-order valence-electron chi connectivity index (χ2n) is 2.79. The number of hydrogen-bond acceptors (Lipinski definition) is 2. The fourth-order valence-corrected chi connectivity index (χ4v) is 1.55. The third kappa shape index (κ3) is 3.84. The van der Waals surface area contributed by atoms with Crippen molar-refractivity contribution in [1.29, 1.82) is 5.26 Å². The van der Waals surface area contributed by atoms with Crippen LogP contribution in [0, 0.1) is 11.3 Å². The number of benzene rings is 1. The van der Waals surface area contributed by atoms with Gasteiger partial charge in [0.05, 0.1) is 6.07 Å². The minimum Gasteiger partial charge on any atom is -0.435 e. The Morgan fingerprint density at radius 2 is 2.20 bits per heavy atom. The summed E-state index contributed by atoms with van der Waals surface area (Å²) in [6, 6.07) is 6.71. The van der Waals surface area contributed by atoms with E-state index in [9.17, 15) is 8.78 Å². The van der Waals surface area contributed by atoms with E-state index in [1.165, 1.54) is 6.07 Å². The van der Waals surface area contributed by atoms with Gasteiger partial charge in [0, 0.05) is 10.9 Å². The minimum absolute atomic E-state index is 0.128. The molecule has 80 valence electrons. The zero-order valence-electron chi connectivity index (χ0n) is 7.71. The van der Waals surface area contributed by atoms with E-state index in [1.807, 2.05) is 6.07 Å². The first kappa shape index (κ1) is 11.9. The molecule has 0 fully saturated rings. The van der Waals surface area contributed by atoms with E-state index in [4.69, 9.17) is 5.26 Å². The first-order valence-electron chi connectivity index (χ1n) is 4.23. The van der Waals surface area contributed by atoms with Crippen molar-refractivity contribution in [3.63, 3.8) is 0 Å². The van der Waals surface area contributed by atoms with Gasteiger partial charge >= 0.3 is 6.61 Å². The summed E-state index contributed by atoms with van der Waals surface area (Å²) in [6.07, 6.45) is 0.675. The van der Waals surface area contributed by atoms with Crippen molar-refractivity contribution in [2.24, 2.45) is 0 Å². The van der Waals surface area contributed by atoms with Crippen LogP contribution in [0.15, 0.2) is 22.7 Å². The maximum Gasteiger partial charge on any atom is 0.387 e. The molecule has 0 aromatic heterocycles. The molecule has 1 aromatic carbocycles. The van der Waals surface area contributed by atoms with E-state index in [0.29, 0.717) is 12.0 Å². The Morgan fingerprint density at radius 1 is 1.47 bits per heavy atom. The highest BCUT2D eigenvalue weighted by molar-refractivity contribution is 9.10. The van der Waals surface area contributed by atoms with Crippen molar-refractivity contribution in [2.75, 3.05) is 0 Å². The number of halogens is 3. The number of rotatable bonds is 4. The van der Waals surface area contributed by atoms with Crippen molar-refractivity contribution in [3.05, 3.63) is 28.2 Å². The maximum atomic E-state index is 12.0. The predicted molar refractivity (Wildman–Crippen MR) is 54.7 cm³/mol. The first-order valence-corrected chi connectivity index (χ1v) is 5.03. The van der Waals surface area contributed by atoms with Crippen LogP contribution in [0.25, 0.3) is 0 Å². The second kappa shape index (κ2) is 5.66. The van der Waals surface area contributed by atoms with Gasteiger partial charge in [0.15, 0.2) is 0 Å². The second-order valence-corrected chi connectivity index (χ2v) is 3.70. The molecule has 0 spiro atoms. The van der Waals surface area contributed by atoms with Gasteiger partial charge in [-0.15, -0.1) is 0 Å². The fourth-order valence-electron chi connectivity index (χ4n) is 1.14. The van der Waals surface area contributed by atoms with Crippen LogP contribution in [0.2, 0.25) is 0 Å². The average Bonchev–Trinajstić information content (AvgIpc) is 2.18. The van der Waals surface area contributed by atoms with Gasteiger partial charge in [0.2, 0.25) is 0 Å². The van der Waals surface area contributed by atoms with Gasteiger partial charge in [-0.3, -0.25) is 0 Å². The molecule has 5 heteroatoms. The van der Waals surface area contributed by atoms with Gasteiger partial charge in [-0.1, -0.05) is 15.9 Å². The summed E-state index contributed by atoms with van der Waals surface area (Å²) in [5, 5.41) is 8.42. The lowest BCUT2D eigenvalue weighted by Crippen LogP contribution is -2.04. The van der Waals surface area contributed by atoms with Gasteiger partial charge in [0.1, 0.15) is 5.75 Å². The van der Waals surface area contributed by atoms with Crippen LogP contribution in [0.5, 0.6) is 5.75 Å². The molecule has 0 radical (unpaired) electrons. The number of ether oxygens (including phenoxy) is 1. The van der Waals surface area contributed by atoms with E-state index < -0.39 is 6.61 Å². The van der Waals surface area contributed by atoms with Crippen molar-refractivity contribution < 1.29 is 13.5 Å². The topological polar surface area (TPSA) is 33.0 Å². The number of nitriles is 1. The van der Waals surface area contributed by atoms with Crippen molar-refractivity contribution >= 4 is 15.9 Å². The van der Waals surface area contributed by atoms with Crippen molar-refractivity contribution in [1.82, 2.24) is 0 Å². The Bertz CT molecular complexity index is 376. The molecule has 0 amide bonds. The Balaban J connectivity index is 2.88. The van der Waals surface area contributed by atoms with Crippen molar-refractivity contribution in [3.8, 4) is 11.8 Å². The minimum atomic E-state index is -2.84. The fraction of sp³-hybridized carbons (Fsp3) is 0.300. The monoisotopic (exact) mass is 275 g/mol. The Labute approximate surface area is 94.6 Å². The van der Waals surface area contributed by atoms with Crippen LogP contribution in [-0.4, -0.2) is 6.61 Å². The first-order chi connectivity index (χ1) is 7.13. The van der Waals surface area contributed by atoms with Crippen LogP contribution in [0.3, 0.4) is 0 Å². The van der Waals surface area contributed by atoms with E-state index in [2.05, 4.69) is 20.7 Å². The van der Waals surface area contributed by atoms with Gasteiger partial charge in [-0.2, -0.15) is 14.0 Å². The number of alkyl halides is 2. The van der Waals surface area contributed by atoms with Crippen molar-refractivity contribution in [2.45, 2.75) is 19.5 Å². The molecule has 0 saturated carbocycles. The molecule has 0 N–H and O–H groups in total. The van der Waals surface area contributed by atoms with Gasteiger partial charge in [0.25, 0.3) is 0 Å². The molecule has 1 rings (SSSR count). The molecule has 0 aliphatic heterocycles. The summed E-state index contributed by atoms with van der Waals surface area (Å²) in [5.74, 6) is 0.128. The summed E-state index contributed by atoms with van der Waals surface area (Å²) in [7, 11) is 0. The highest BCUT2D eigenvalue weighted by Gasteiger charge is 2.09. The SMILES string of the molecule is N#CCCc1cc(Br)ccc1OC(F)F. The van der Waals surface area contributed by atoms with Crippen LogP contribution >= 0.6 is 15.9 Å². The zero-order chi connectivity index (χ0) is 11.3. The molecule has 1 aromatic rings. The molecule has 0 bridgehead atoms. The van der Waals surface area contributed by atoms with E-state index in [0.717, 1.165) is 4.47 Å². The largest absolute Gasteiger partial charge is 0.435 e. The molecule has 2 nitrogen and oxygen atoms in total. The normalized spacial score (nSPS) is 10.1. The molecule has 0 unspecified atom stereocenters. The smallest absolute Gasteiger partial charge is 0.387 e. The summed E-state index contributed by atoms with van der Waals surface area (Å²) in [5.41, 5.74) is 0.603. The lowest BCUT2D eigenvalue weighted by molar-refractivity contribution is -0.0504. The number of hydrogen-bond donors (Lipinski definition) is 0. The molecule has 0 aliphatic carbocycles. The standard InChI is InChI=1S/C10H8BrF2NO/c11-8-3-4-9(15-10(12)13)7(6-8)2-1-5-14/h3-4,6,10H,1-2H2. The molecule has 0 heterocycles. The summed E-state index contributed by atoms with van der Waals surface area (Å²) >= 11 is 3.23. The summed E-state index contributed by atoms with van der Waals surface area (Å²) in [6.45, 7) is -2.84. The third-order valence-electron chi connectivity index (χ3n) is 1.74. The van der Waals surface area contributed by atoms with Gasteiger partial charge in [-0.25, -0.2) is 0 Å². The van der Waals surface area contributed by atoms with Gasteiger partial charge < -0.3 is 4.74 Å². The zero-order valence-corrected chi connectivity index (χ0v) is 9.30. The third-order valence-corrected chi connectivity index (χ3v) is 2.24. The van der Waals surface area contributed by atoms with Crippen LogP contribution < -0.4 is 4.74 Å². The molecule has 15 heavy (non-hydrogen) atoms. The van der Waals surface area contributed by atoms with Crippen LogP contribution in [0.4, 0.5) is 8.78 Å². The highest BCUT2D eigenvalue weighted by Crippen LogP contribution is 2.25. The Morgan fingerprint density at radius 3 is 2.80 bits per heavy atom. The van der Waals surface area contributed by atoms with Crippen LogP contribution in [-0.2, 0) is 6.42 Å². The predicted octanol–water partition coefficient (Wildman–Crippen LogP) is 3.51. The van der Waals surface area contributed by atoms with Crippen LogP contribution in [0.1, 0.15) is 12.0 Å². The molecular weight excluding hydrogens is 268 g/mol.